The Hall–Kier alpha value is -0.920. The zero-order valence-corrected chi connectivity index (χ0v) is 8.96. The molecule has 0 aromatic carbocycles. The molecule has 0 bridgehead atoms. The summed E-state index contributed by atoms with van der Waals surface area (Å²) in [6.45, 7) is 8.75. The first kappa shape index (κ1) is 10.2. The molecular weight excluding hydrogens is 160 g/mol. The standard InChI is InChI=1S/C11H18N2/c1-5-9-10(11(3,4)6-2)13-8-7-12-9/h7-8H,5-6H2,1-4H3. The summed E-state index contributed by atoms with van der Waals surface area (Å²) in [5.41, 5.74) is 2.44. The highest BCUT2D eigenvalue weighted by atomic mass is 14.8. The molecule has 2 heteroatoms. The van der Waals surface area contributed by atoms with Crippen LogP contribution < -0.4 is 0 Å². The third kappa shape index (κ3) is 2.06. The second-order valence-corrected chi connectivity index (χ2v) is 3.94. The van der Waals surface area contributed by atoms with Gasteiger partial charge in [0.05, 0.1) is 11.4 Å². The van der Waals surface area contributed by atoms with E-state index < -0.39 is 0 Å². The normalized spacial score (nSPS) is 11.7. The summed E-state index contributed by atoms with van der Waals surface area (Å²) < 4.78 is 0. The predicted octanol–water partition coefficient (Wildman–Crippen LogP) is 2.73. The van der Waals surface area contributed by atoms with E-state index in [4.69, 9.17) is 0 Å². The molecule has 2 nitrogen and oxygen atoms in total. The van der Waals surface area contributed by atoms with Crippen LogP contribution in [0.15, 0.2) is 12.4 Å². The first-order valence-corrected chi connectivity index (χ1v) is 4.92. The molecule has 0 amide bonds. The first-order valence-electron chi connectivity index (χ1n) is 4.92. The van der Waals surface area contributed by atoms with E-state index >= 15 is 0 Å². The zero-order chi connectivity index (χ0) is 9.90. The molecule has 1 aromatic heterocycles. The summed E-state index contributed by atoms with van der Waals surface area (Å²) >= 11 is 0. The average Bonchev–Trinajstić information content (AvgIpc) is 2.18. The summed E-state index contributed by atoms with van der Waals surface area (Å²) in [5, 5.41) is 0. The van der Waals surface area contributed by atoms with Crippen molar-refractivity contribution in [2.24, 2.45) is 0 Å². The Bertz CT molecular complexity index is 279. The van der Waals surface area contributed by atoms with Gasteiger partial charge in [0.25, 0.3) is 0 Å². The minimum Gasteiger partial charge on any atom is -0.258 e. The number of aryl methyl sites for hydroxylation is 1. The quantitative estimate of drug-likeness (QED) is 0.711. The van der Waals surface area contributed by atoms with Gasteiger partial charge in [0.15, 0.2) is 0 Å². The molecule has 1 rings (SSSR count). The first-order chi connectivity index (χ1) is 6.11. The minimum absolute atomic E-state index is 0.152. The third-order valence-corrected chi connectivity index (χ3v) is 2.63. The van der Waals surface area contributed by atoms with Crippen molar-refractivity contribution in [3.05, 3.63) is 23.8 Å². The van der Waals surface area contributed by atoms with Crippen molar-refractivity contribution < 1.29 is 0 Å². The Kier molecular flexibility index (Phi) is 3.02. The van der Waals surface area contributed by atoms with Crippen molar-refractivity contribution in [1.29, 1.82) is 0 Å². The van der Waals surface area contributed by atoms with Crippen LogP contribution in [-0.2, 0) is 11.8 Å². The smallest absolute Gasteiger partial charge is 0.0674 e. The number of aromatic nitrogens is 2. The van der Waals surface area contributed by atoms with Crippen molar-refractivity contribution in [3.63, 3.8) is 0 Å². The maximum atomic E-state index is 4.43. The van der Waals surface area contributed by atoms with Gasteiger partial charge >= 0.3 is 0 Å². The van der Waals surface area contributed by atoms with Crippen LogP contribution in [0.3, 0.4) is 0 Å². The monoisotopic (exact) mass is 178 g/mol. The van der Waals surface area contributed by atoms with Crippen LogP contribution in [0.5, 0.6) is 0 Å². The van der Waals surface area contributed by atoms with E-state index in [1.165, 1.54) is 0 Å². The van der Waals surface area contributed by atoms with Gasteiger partial charge in [0, 0.05) is 17.8 Å². The summed E-state index contributed by atoms with van der Waals surface area (Å²) in [6, 6.07) is 0. The zero-order valence-electron chi connectivity index (χ0n) is 8.96. The highest BCUT2D eigenvalue weighted by Gasteiger charge is 2.22. The Morgan fingerprint density at radius 1 is 1.15 bits per heavy atom. The van der Waals surface area contributed by atoms with Crippen molar-refractivity contribution in [2.45, 2.75) is 46.0 Å². The summed E-state index contributed by atoms with van der Waals surface area (Å²) in [5.74, 6) is 0. The number of nitrogens with zero attached hydrogens (tertiary/aromatic N) is 2. The Morgan fingerprint density at radius 2 is 1.77 bits per heavy atom. The molecule has 0 fully saturated rings. The minimum atomic E-state index is 0.152. The molecule has 13 heavy (non-hydrogen) atoms. The van der Waals surface area contributed by atoms with E-state index in [1.807, 2.05) is 0 Å². The van der Waals surface area contributed by atoms with Crippen molar-refractivity contribution in [3.8, 4) is 0 Å². The van der Waals surface area contributed by atoms with Crippen LogP contribution in [0.4, 0.5) is 0 Å². The molecule has 0 spiro atoms. The summed E-state index contributed by atoms with van der Waals surface area (Å²) in [7, 11) is 0. The largest absolute Gasteiger partial charge is 0.258 e. The molecular formula is C11H18N2. The van der Waals surface area contributed by atoms with E-state index in [0.29, 0.717) is 0 Å². The molecule has 0 aliphatic rings. The van der Waals surface area contributed by atoms with Gasteiger partial charge in [-0.1, -0.05) is 27.7 Å². The lowest BCUT2D eigenvalue weighted by Crippen LogP contribution is -2.20. The molecule has 1 heterocycles. The fourth-order valence-electron chi connectivity index (χ4n) is 1.36. The van der Waals surface area contributed by atoms with E-state index in [-0.39, 0.29) is 5.41 Å². The molecule has 0 saturated carbocycles. The highest BCUT2D eigenvalue weighted by molar-refractivity contribution is 5.19. The number of hydrogen-bond acceptors (Lipinski definition) is 2. The van der Waals surface area contributed by atoms with Gasteiger partial charge in [-0.2, -0.15) is 0 Å². The van der Waals surface area contributed by atoms with Gasteiger partial charge in [-0.25, -0.2) is 0 Å². The second kappa shape index (κ2) is 3.86. The molecule has 0 atom stereocenters. The molecule has 0 radical (unpaired) electrons. The molecule has 72 valence electrons. The van der Waals surface area contributed by atoms with Crippen molar-refractivity contribution >= 4 is 0 Å². The SMILES string of the molecule is CCc1nccnc1C(C)(C)CC. The predicted molar refractivity (Wildman–Crippen MR) is 54.7 cm³/mol. The lowest BCUT2D eigenvalue weighted by Gasteiger charge is -2.23. The Labute approximate surface area is 80.4 Å². The molecule has 0 aliphatic heterocycles. The fourth-order valence-corrected chi connectivity index (χ4v) is 1.36. The van der Waals surface area contributed by atoms with Gasteiger partial charge < -0.3 is 0 Å². The highest BCUT2D eigenvalue weighted by Crippen LogP contribution is 2.26. The molecule has 1 aromatic rings. The van der Waals surface area contributed by atoms with Gasteiger partial charge in [-0.15, -0.1) is 0 Å². The van der Waals surface area contributed by atoms with Gasteiger partial charge in [-0.05, 0) is 12.8 Å². The fraction of sp³-hybridized carbons (Fsp3) is 0.636. The van der Waals surface area contributed by atoms with Crippen LogP contribution in [0, 0.1) is 0 Å². The molecule has 0 N–H and O–H groups in total. The Morgan fingerprint density at radius 3 is 2.31 bits per heavy atom. The van der Waals surface area contributed by atoms with E-state index in [9.17, 15) is 0 Å². The number of hydrogen-bond donors (Lipinski definition) is 0. The van der Waals surface area contributed by atoms with Crippen LogP contribution in [0.1, 0.15) is 45.5 Å². The number of rotatable bonds is 3. The third-order valence-electron chi connectivity index (χ3n) is 2.63. The molecule has 0 unspecified atom stereocenters. The van der Waals surface area contributed by atoms with E-state index in [1.54, 1.807) is 12.4 Å². The van der Waals surface area contributed by atoms with Crippen LogP contribution in [0.25, 0.3) is 0 Å². The van der Waals surface area contributed by atoms with Gasteiger partial charge in [0.2, 0.25) is 0 Å². The maximum Gasteiger partial charge on any atom is 0.0674 e. The summed E-state index contributed by atoms with van der Waals surface area (Å²) in [6.07, 6.45) is 5.62. The topological polar surface area (TPSA) is 25.8 Å². The second-order valence-electron chi connectivity index (χ2n) is 3.94. The molecule has 0 aliphatic carbocycles. The van der Waals surface area contributed by atoms with Gasteiger partial charge in [0.1, 0.15) is 0 Å². The van der Waals surface area contributed by atoms with Gasteiger partial charge in [-0.3, -0.25) is 9.97 Å². The van der Waals surface area contributed by atoms with E-state index in [0.717, 1.165) is 24.2 Å². The maximum absolute atomic E-state index is 4.43. The lowest BCUT2D eigenvalue weighted by molar-refractivity contribution is 0.481. The van der Waals surface area contributed by atoms with Crippen LogP contribution in [-0.4, -0.2) is 9.97 Å². The lowest BCUT2D eigenvalue weighted by atomic mass is 9.84. The van der Waals surface area contributed by atoms with Crippen LogP contribution >= 0.6 is 0 Å². The molecule has 0 saturated heterocycles. The Balaban J connectivity index is 3.12. The van der Waals surface area contributed by atoms with Crippen LogP contribution in [0.2, 0.25) is 0 Å². The average molecular weight is 178 g/mol. The van der Waals surface area contributed by atoms with Crippen molar-refractivity contribution in [1.82, 2.24) is 9.97 Å². The van der Waals surface area contributed by atoms with Crippen molar-refractivity contribution in [2.75, 3.05) is 0 Å². The van der Waals surface area contributed by atoms with E-state index in [2.05, 4.69) is 37.7 Å². The summed E-state index contributed by atoms with van der Waals surface area (Å²) in [4.78, 5) is 8.78.